The molecule has 3 rings (SSSR count). The summed E-state index contributed by atoms with van der Waals surface area (Å²) in [4.78, 5) is 36.2. The number of rotatable bonds is 6. The number of ether oxygens (including phenoxy) is 1. The first kappa shape index (κ1) is 21.3. The normalized spacial score (nSPS) is 15.5. The topological polar surface area (TPSA) is 96.5 Å². The van der Waals surface area contributed by atoms with Gasteiger partial charge in [-0.15, -0.1) is 0 Å². The van der Waals surface area contributed by atoms with Gasteiger partial charge in [-0.25, -0.2) is 13.2 Å². The molecule has 1 atom stereocenters. The van der Waals surface area contributed by atoms with Crippen LogP contribution in [0.25, 0.3) is 0 Å². The number of amides is 3. The van der Waals surface area contributed by atoms with E-state index in [1.807, 2.05) is 5.32 Å². The van der Waals surface area contributed by atoms with Crippen LogP contribution >= 0.6 is 0 Å². The first-order valence-corrected chi connectivity index (χ1v) is 9.09. The average Bonchev–Trinajstić information content (AvgIpc) is 3.28. The molecule has 0 spiro atoms. The number of hydrogen-bond donors (Lipinski definition) is 3. The smallest absolute Gasteiger partial charge is 0.253 e. The highest BCUT2D eigenvalue weighted by Gasteiger charge is 2.23. The Morgan fingerprint density at radius 1 is 1.03 bits per heavy atom. The van der Waals surface area contributed by atoms with Crippen molar-refractivity contribution in [3.05, 3.63) is 59.4 Å². The van der Waals surface area contributed by atoms with Crippen LogP contribution in [0.1, 0.15) is 23.2 Å². The lowest BCUT2D eigenvalue weighted by Gasteiger charge is -2.12. The lowest BCUT2D eigenvalue weighted by Crippen LogP contribution is -2.33. The van der Waals surface area contributed by atoms with Gasteiger partial charge in [0.2, 0.25) is 5.91 Å². The Hall–Kier alpha value is -3.40. The lowest BCUT2D eigenvalue weighted by molar-refractivity contribution is -0.124. The third kappa shape index (κ3) is 5.15. The molecule has 1 saturated heterocycles. The molecule has 7 nitrogen and oxygen atoms in total. The van der Waals surface area contributed by atoms with Crippen molar-refractivity contribution in [1.29, 1.82) is 0 Å². The van der Waals surface area contributed by atoms with Crippen LogP contribution in [0.3, 0.4) is 0 Å². The molecule has 0 aliphatic carbocycles. The van der Waals surface area contributed by atoms with Gasteiger partial charge in [0.1, 0.15) is 6.10 Å². The number of carbonyl (C=O) groups is 3. The van der Waals surface area contributed by atoms with E-state index in [-0.39, 0.29) is 11.5 Å². The van der Waals surface area contributed by atoms with Crippen molar-refractivity contribution < 1.29 is 32.3 Å². The first-order valence-electron chi connectivity index (χ1n) is 9.09. The molecular formula is C20H18F3N3O4. The predicted molar refractivity (Wildman–Crippen MR) is 101 cm³/mol. The molecule has 0 saturated carbocycles. The maximum atomic E-state index is 13.6. The zero-order valence-corrected chi connectivity index (χ0v) is 15.6. The average molecular weight is 421 g/mol. The number of benzene rings is 2. The van der Waals surface area contributed by atoms with Gasteiger partial charge in [-0.2, -0.15) is 0 Å². The molecule has 3 N–H and O–H groups in total. The van der Waals surface area contributed by atoms with E-state index in [1.165, 1.54) is 12.1 Å². The molecule has 2 aromatic carbocycles. The summed E-state index contributed by atoms with van der Waals surface area (Å²) in [7, 11) is 0. The van der Waals surface area contributed by atoms with Crippen molar-refractivity contribution in [2.75, 3.05) is 23.8 Å². The Balaban J connectivity index is 1.55. The van der Waals surface area contributed by atoms with Gasteiger partial charge in [-0.05, 0) is 43.2 Å². The van der Waals surface area contributed by atoms with Crippen LogP contribution in [-0.2, 0) is 14.3 Å². The monoisotopic (exact) mass is 421 g/mol. The van der Waals surface area contributed by atoms with Crippen LogP contribution < -0.4 is 16.0 Å². The van der Waals surface area contributed by atoms with E-state index in [1.54, 1.807) is 12.1 Å². The van der Waals surface area contributed by atoms with Crippen LogP contribution in [0.5, 0.6) is 0 Å². The van der Waals surface area contributed by atoms with Crippen LogP contribution in [0, 0.1) is 17.5 Å². The molecule has 10 heteroatoms. The minimum absolute atomic E-state index is 0.173. The summed E-state index contributed by atoms with van der Waals surface area (Å²) < 4.78 is 45.0. The highest BCUT2D eigenvalue weighted by Crippen LogP contribution is 2.19. The molecule has 1 aliphatic heterocycles. The molecule has 158 valence electrons. The molecule has 0 aromatic heterocycles. The lowest BCUT2D eigenvalue weighted by atomic mass is 10.1. The zero-order valence-electron chi connectivity index (χ0n) is 15.6. The van der Waals surface area contributed by atoms with Crippen LogP contribution in [0.15, 0.2) is 36.4 Å². The van der Waals surface area contributed by atoms with Gasteiger partial charge < -0.3 is 20.7 Å². The fourth-order valence-corrected chi connectivity index (χ4v) is 2.82. The van der Waals surface area contributed by atoms with Crippen molar-refractivity contribution in [3.8, 4) is 0 Å². The van der Waals surface area contributed by atoms with E-state index < -0.39 is 47.6 Å². The van der Waals surface area contributed by atoms with Gasteiger partial charge in [-0.3, -0.25) is 14.4 Å². The second-order valence-corrected chi connectivity index (χ2v) is 6.53. The van der Waals surface area contributed by atoms with Gasteiger partial charge in [0, 0.05) is 17.9 Å². The van der Waals surface area contributed by atoms with E-state index in [0.29, 0.717) is 24.8 Å². The maximum Gasteiger partial charge on any atom is 0.253 e. The Morgan fingerprint density at radius 3 is 2.57 bits per heavy atom. The Morgan fingerprint density at radius 2 is 1.83 bits per heavy atom. The molecule has 0 bridgehead atoms. The van der Waals surface area contributed by atoms with E-state index in [0.717, 1.165) is 12.5 Å². The summed E-state index contributed by atoms with van der Waals surface area (Å²) in [6.45, 7) is -0.0131. The fraction of sp³-hybridized carbons (Fsp3) is 0.250. The van der Waals surface area contributed by atoms with E-state index >= 15 is 0 Å². The van der Waals surface area contributed by atoms with Gasteiger partial charge in [-0.1, -0.05) is 6.07 Å². The van der Waals surface area contributed by atoms with Gasteiger partial charge >= 0.3 is 0 Å². The van der Waals surface area contributed by atoms with Crippen molar-refractivity contribution in [3.63, 3.8) is 0 Å². The molecule has 1 heterocycles. The summed E-state index contributed by atoms with van der Waals surface area (Å²) in [5, 5.41) is 7.03. The zero-order chi connectivity index (χ0) is 21.7. The van der Waals surface area contributed by atoms with Crippen molar-refractivity contribution in [2.24, 2.45) is 0 Å². The van der Waals surface area contributed by atoms with E-state index in [4.69, 9.17) is 4.74 Å². The number of hydrogen-bond acceptors (Lipinski definition) is 4. The standard InChI is InChI=1S/C20H18F3N3O4/c21-13-6-7-14(18(23)17(13)22)26-16(27)10-24-19(28)11-3-1-4-12(9-11)25-20(29)15-5-2-8-30-15/h1,3-4,6-7,9,15H,2,5,8,10H2,(H,24,28)(H,25,29)(H,26,27). The van der Waals surface area contributed by atoms with Crippen molar-refractivity contribution in [2.45, 2.75) is 18.9 Å². The molecular weight excluding hydrogens is 403 g/mol. The molecule has 3 amide bonds. The summed E-state index contributed by atoms with van der Waals surface area (Å²) >= 11 is 0. The van der Waals surface area contributed by atoms with E-state index in [9.17, 15) is 27.6 Å². The van der Waals surface area contributed by atoms with Crippen LogP contribution in [0.2, 0.25) is 0 Å². The molecule has 1 fully saturated rings. The third-order valence-corrected chi connectivity index (χ3v) is 4.33. The largest absolute Gasteiger partial charge is 0.368 e. The summed E-state index contributed by atoms with van der Waals surface area (Å²) in [6, 6.07) is 7.59. The minimum atomic E-state index is -1.71. The Kier molecular flexibility index (Phi) is 6.68. The SMILES string of the molecule is O=C(CNC(=O)c1cccc(NC(=O)C2CCCO2)c1)Nc1ccc(F)c(F)c1F. The summed E-state index contributed by atoms with van der Waals surface area (Å²) in [6.07, 6.45) is 0.902. The predicted octanol–water partition coefficient (Wildman–Crippen LogP) is 2.59. The van der Waals surface area contributed by atoms with Crippen LogP contribution in [0.4, 0.5) is 24.5 Å². The number of anilines is 2. The van der Waals surface area contributed by atoms with Gasteiger partial charge in [0.25, 0.3) is 11.8 Å². The van der Waals surface area contributed by atoms with E-state index in [2.05, 4.69) is 10.6 Å². The van der Waals surface area contributed by atoms with Crippen molar-refractivity contribution >= 4 is 29.1 Å². The fourth-order valence-electron chi connectivity index (χ4n) is 2.82. The number of halogens is 3. The molecule has 1 unspecified atom stereocenters. The Labute approximate surface area is 169 Å². The third-order valence-electron chi connectivity index (χ3n) is 4.33. The number of nitrogens with one attached hydrogen (secondary N) is 3. The second-order valence-electron chi connectivity index (χ2n) is 6.53. The molecule has 30 heavy (non-hydrogen) atoms. The van der Waals surface area contributed by atoms with Gasteiger partial charge in [0.15, 0.2) is 17.5 Å². The highest BCUT2D eigenvalue weighted by molar-refractivity contribution is 6.01. The second kappa shape index (κ2) is 9.40. The Bertz CT molecular complexity index is 978. The molecule has 2 aromatic rings. The van der Waals surface area contributed by atoms with Crippen molar-refractivity contribution in [1.82, 2.24) is 5.32 Å². The molecule has 0 radical (unpaired) electrons. The minimum Gasteiger partial charge on any atom is -0.368 e. The summed E-state index contributed by atoms with van der Waals surface area (Å²) in [5.74, 6) is -6.40. The molecule has 1 aliphatic rings. The first-order chi connectivity index (χ1) is 14.3. The van der Waals surface area contributed by atoms with Crippen LogP contribution in [-0.4, -0.2) is 37.0 Å². The maximum absolute atomic E-state index is 13.6. The van der Waals surface area contributed by atoms with Gasteiger partial charge in [0.05, 0.1) is 12.2 Å². The highest BCUT2D eigenvalue weighted by atomic mass is 19.2. The number of carbonyl (C=O) groups excluding carboxylic acids is 3. The summed E-state index contributed by atoms with van der Waals surface area (Å²) in [5.41, 5.74) is 0.00963. The quantitative estimate of drug-likeness (QED) is 0.625.